The molecule has 19 heavy (non-hydrogen) atoms. The van der Waals surface area contributed by atoms with Gasteiger partial charge < -0.3 is 5.11 Å². The van der Waals surface area contributed by atoms with Gasteiger partial charge in [0.05, 0.1) is 9.40 Å². The number of carboxylic acids is 1. The van der Waals surface area contributed by atoms with E-state index in [1.54, 1.807) is 0 Å². The van der Waals surface area contributed by atoms with Crippen molar-refractivity contribution < 1.29 is 27.8 Å². The van der Waals surface area contributed by atoms with E-state index >= 15 is 0 Å². The second kappa shape index (κ2) is 6.97. The molecule has 10 heteroatoms. The van der Waals surface area contributed by atoms with Crippen LogP contribution in [0.15, 0.2) is 40.2 Å². The molecule has 1 rings (SSSR count). The van der Waals surface area contributed by atoms with Gasteiger partial charge >= 0.3 is 5.97 Å². The molecule has 2 N–H and O–H groups in total. The molecular formula is C9H8BrNO7S. The summed E-state index contributed by atoms with van der Waals surface area (Å²) in [5.74, 6) is -0.981. The minimum Gasteiger partial charge on any atom is -0.478 e. The Morgan fingerprint density at radius 2 is 1.95 bits per heavy atom. The van der Waals surface area contributed by atoms with Crippen LogP contribution in [0.2, 0.25) is 0 Å². The molecule has 0 heterocycles. The summed E-state index contributed by atoms with van der Waals surface area (Å²) in [4.78, 5) is 18.4. The molecule has 0 unspecified atom stereocenters. The standard InChI is InChI=1S/C6H4BrNO5S.C3H4O2/c7-5-2-1-4(14(11,12)13)3-6(5)8(9)10;1-2-3(4)5/h1-3H,(H,11,12,13);2H,1H2,(H,4,5). The van der Waals surface area contributed by atoms with Crippen molar-refractivity contribution in [3.8, 4) is 0 Å². The topological polar surface area (TPSA) is 135 Å². The van der Waals surface area contributed by atoms with E-state index in [-0.39, 0.29) is 4.47 Å². The van der Waals surface area contributed by atoms with Crippen LogP contribution in [0.1, 0.15) is 0 Å². The van der Waals surface area contributed by atoms with Crippen molar-refractivity contribution in [1.29, 1.82) is 0 Å². The van der Waals surface area contributed by atoms with Gasteiger partial charge in [-0.1, -0.05) is 6.58 Å². The second-order valence-corrected chi connectivity index (χ2v) is 5.16. The fourth-order valence-corrected chi connectivity index (χ4v) is 1.68. The normalized spacial score (nSPS) is 10.0. The number of hydrogen-bond donors (Lipinski definition) is 2. The Kier molecular flexibility index (Phi) is 6.32. The maximum atomic E-state index is 10.6. The Bertz CT molecular complexity index is 611. The van der Waals surface area contributed by atoms with Gasteiger partial charge in [0.25, 0.3) is 15.8 Å². The van der Waals surface area contributed by atoms with Crippen LogP contribution >= 0.6 is 15.9 Å². The summed E-state index contributed by atoms with van der Waals surface area (Å²) < 4.78 is 30.0. The molecular weight excluding hydrogens is 346 g/mol. The summed E-state index contributed by atoms with van der Waals surface area (Å²) >= 11 is 2.88. The highest BCUT2D eigenvalue weighted by Crippen LogP contribution is 2.27. The van der Waals surface area contributed by atoms with Crippen LogP contribution in [-0.4, -0.2) is 29.0 Å². The number of nitro benzene ring substituents is 1. The summed E-state index contributed by atoms with van der Waals surface area (Å²) in [6, 6.07) is 3.02. The molecule has 0 fully saturated rings. The van der Waals surface area contributed by atoms with Crippen molar-refractivity contribution in [3.63, 3.8) is 0 Å². The molecule has 0 aliphatic heterocycles. The van der Waals surface area contributed by atoms with Crippen LogP contribution in [0.5, 0.6) is 0 Å². The molecule has 1 aromatic rings. The average molecular weight is 354 g/mol. The molecule has 0 atom stereocenters. The summed E-state index contributed by atoms with van der Waals surface area (Å²) in [7, 11) is -4.40. The molecule has 0 bridgehead atoms. The van der Waals surface area contributed by atoms with Gasteiger partial charge in [-0.2, -0.15) is 8.42 Å². The zero-order valence-electron chi connectivity index (χ0n) is 9.19. The van der Waals surface area contributed by atoms with E-state index in [0.29, 0.717) is 0 Å². The van der Waals surface area contributed by atoms with Gasteiger partial charge in [0, 0.05) is 12.1 Å². The van der Waals surface area contributed by atoms with Crippen molar-refractivity contribution >= 4 is 37.7 Å². The van der Waals surface area contributed by atoms with Crippen LogP contribution in [-0.2, 0) is 14.9 Å². The first-order chi connectivity index (χ1) is 8.59. The van der Waals surface area contributed by atoms with E-state index in [0.717, 1.165) is 18.2 Å². The predicted molar refractivity (Wildman–Crippen MR) is 68.4 cm³/mol. The van der Waals surface area contributed by atoms with Gasteiger partial charge in [0.15, 0.2) is 0 Å². The number of rotatable bonds is 3. The fraction of sp³-hybridized carbons (Fsp3) is 0. The molecule has 104 valence electrons. The van der Waals surface area contributed by atoms with Crippen LogP contribution in [0, 0.1) is 10.1 Å². The predicted octanol–water partition coefficient (Wildman–Crippen LogP) is 1.86. The van der Waals surface area contributed by atoms with Crippen LogP contribution in [0.4, 0.5) is 5.69 Å². The van der Waals surface area contributed by atoms with E-state index in [9.17, 15) is 23.3 Å². The summed E-state index contributed by atoms with van der Waals surface area (Å²) in [6.45, 7) is 2.96. The third-order valence-corrected chi connectivity index (χ3v) is 3.11. The minimum atomic E-state index is -4.40. The van der Waals surface area contributed by atoms with E-state index in [2.05, 4.69) is 22.5 Å². The fourth-order valence-electron chi connectivity index (χ4n) is 0.793. The van der Waals surface area contributed by atoms with Crippen molar-refractivity contribution in [3.05, 3.63) is 45.4 Å². The molecule has 0 saturated heterocycles. The molecule has 0 aliphatic carbocycles. The quantitative estimate of drug-likeness (QED) is 0.366. The van der Waals surface area contributed by atoms with E-state index < -0.39 is 31.6 Å². The zero-order chi connectivity index (χ0) is 15.2. The van der Waals surface area contributed by atoms with Gasteiger partial charge in [-0.05, 0) is 28.1 Å². The molecule has 0 amide bonds. The Balaban J connectivity index is 0.000000555. The molecule has 0 saturated carbocycles. The number of nitrogens with zero attached hydrogens (tertiary/aromatic N) is 1. The molecule has 0 aliphatic rings. The summed E-state index contributed by atoms with van der Waals surface area (Å²) in [5, 5.41) is 18.0. The lowest BCUT2D eigenvalue weighted by Gasteiger charge is -1.98. The van der Waals surface area contributed by atoms with Crippen molar-refractivity contribution in [2.45, 2.75) is 4.90 Å². The second-order valence-electron chi connectivity index (χ2n) is 2.89. The van der Waals surface area contributed by atoms with E-state index in [4.69, 9.17) is 9.66 Å². The highest BCUT2D eigenvalue weighted by molar-refractivity contribution is 9.10. The van der Waals surface area contributed by atoms with Gasteiger partial charge in [-0.15, -0.1) is 0 Å². The first kappa shape index (κ1) is 17.2. The lowest BCUT2D eigenvalue weighted by Crippen LogP contribution is -1.99. The Labute approximate surface area is 116 Å². The van der Waals surface area contributed by atoms with Crippen molar-refractivity contribution in [2.75, 3.05) is 0 Å². The van der Waals surface area contributed by atoms with E-state index in [1.807, 2.05) is 0 Å². The molecule has 8 nitrogen and oxygen atoms in total. The average Bonchev–Trinajstić information content (AvgIpc) is 2.28. The smallest absolute Gasteiger partial charge is 0.327 e. The number of aliphatic carboxylic acids is 1. The highest BCUT2D eigenvalue weighted by Gasteiger charge is 2.17. The summed E-state index contributed by atoms with van der Waals surface area (Å²) in [5.41, 5.74) is -0.417. The van der Waals surface area contributed by atoms with Crippen LogP contribution < -0.4 is 0 Å². The van der Waals surface area contributed by atoms with E-state index in [1.165, 1.54) is 6.07 Å². The number of carboxylic acid groups (broad SMARTS) is 1. The Morgan fingerprint density at radius 1 is 1.47 bits per heavy atom. The Morgan fingerprint density at radius 3 is 2.26 bits per heavy atom. The molecule has 0 aromatic heterocycles. The first-order valence-electron chi connectivity index (χ1n) is 4.36. The lowest BCUT2D eigenvalue weighted by atomic mass is 10.3. The van der Waals surface area contributed by atoms with Gasteiger partial charge in [-0.3, -0.25) is 14.7 Å². The van der Waals surface area contributed by atoms with Gasteiger partial charge in [-0.25, -0.2) is 4.79 Å². The molecule has 1 aromatic carbocycles. The first-order valence-corrected chi connectivity index (χ1v) is 6.59. The monoisotopic (exact) mass is 353 g/mol. The SMILES string of the molecule is C=CC(=O)O.O=[N+]([O-])c1cc(S(=O)(=O)O)ccc1Br. The highest BCUT2D eigenvalue weighted by atomic mass is 79.9. The molecule has 0 spiro atoms. The molecule has 0 radical (unpaired) electrons. The minimum absolute atomic E-state index is 0.148. The number of halogens is 1. The summed E-state index contributed by atoms with van der Waals surface area (Å²) in [6.07, 6.45) is 0.833. The third kappa shape index (κ3) is 6.08. The number of benzene rings is 1. The zero-order valence-corrected chi connectivity index (χ0v) is 11.6. The maximum Gasteiger partial charge on any atom is 0.327 e. The third-order valence-electron chi connectivity index (χ3n) is 1.59. The van der Waals surface area contributed by atoms with Gasteiger partial charge in [0.2, 0.25) is 0 Å². The van der Waals surface area contributed by atoms with Gasteiger partial charge in [0.1, 0.15) is 4.90 Å². The number of nitro groups is 1. The van der Waals surface area contributed by atoms with Crippen molar-refractivity contribution in [1.82, 2.24) is 0 Å². The number of hydrogen-bond acceptors (Lipinski definition) is 5. The Hall–Kier alpha value is -1.78. The van der Waals surface area contributed by atoms with Crippen molar-refractivity contribution in [2.24, 2.45) is 0 Å². The van der Waals surface area contributed by atoms with Crippen LogP contribution in [0.25, 0.3) is 0 Å². The van der Waals surface area contributed by atoms with Crippen LogP contribution in [0.3, 0.4) is 0 Å². The largest absolute Gasteiger partial charge is 0.478 e. The number of carbonyl (C=O) groups is 1. The lowest BCUT2D eigenvalue weighted by molar-refractivity contribution is -0.385. The maximum absolute atomic E-state index is 10.6.